The second kappa shape index (κ2) is 8.36. The third-order valence-corrected chi connectivity index (χ3v) is 4.54. The fourth-order valence-electron chi connectivity index (χ4n) is 2.78. The molecule has 0 bridgehead atoms. The Bertz CT molecular complexity index is 894. The second-order valence-electron chi connectivity index (χ2n) is 6.46. The predicted molar refractivity (Wildman–Crippen MR) is 99.6 cm³/mol. The number of methoxy groups -OCH3 is 1. The Morgan fingerprint density at radius 2 is 1.76 bits per heavy atom. The number of aliphatic hydroxyl groups is 1. The topological polar surface area (TPSA) is 45.1 Å². The van der Waals surface area contributed by atoms with Crippen LogP contribution < -0.4 is 4.74 Å². The zero-order valence-corrected chi connectivity index (χ0v) is 16.3. The van der Waals surface area contributed by atoms with E-state index in [1.807, 2.05) is 6.92 Å². The van der Waals surface area contributed by atoms with Gasteiger partial charge < -0.3 is 14.7 Å². The minimum Gasteiger partial charge on any atom is -0.496 e. The second-order valence-corrected chi connectivity index (χ2v) is 6.46. The Balaban J connectivity index is 2.79. The number of aliphatic imine (C=N–C) groups is 1. The normalized spacial score (nSPS) is 14.1. The SMILES string of the molecule is CCN(C)C=Nc1cc(OC)c(C(O)(c2c(F)cccc2F)C(F)(F)F)cc1C. The highest BCUT2D eigenvalue weighted by atomic mass is 19.4. The largest absolute Gasteiger partial charge is 0.496 e. The molecule has 1 N–H and O–H groups in total. The number of ether oxygens (including phenoxy) is 1. The van der Waals surface area contributed by atoms with Crippen LogP contribution in [0.5, 0.6) is 5.75 Å². The maximum absolute atomic E-state index is 14.3. The van der Waals surface area contributed by atoms with Crippen LogP contribution in [0.1, 0.15) is 23.6 Å². The monoisotopic (exact) mass is 416 g/mol. The van der Waals surface area contributed by atoms with Gasteiger partial charge in [-0.2, -0.15) is 13.2 Å². The molecule has 2 aromatic carbocycles. The van der Waals surface area contributed by atoms with Crippen LogP contribution in [0.3, 0.4) is 0 Å². The van der Waals surface area contributed by atoms with Gasteiger partial charge in [0.15, 0.2) is 0 Å². The van der Waals surface area contributed by atoms with Gasteiger partial charge in [-0.3, -0.25) is 0 Å². The van der Waals surface area contributed by atoms with Crippen molar-refractivity contribution in [2.45, 2.75) is 25.6 Å². The molecule has 0 saturated heterocycles. The third-order valence-electron chi connectivity index (χ3n) is 4.54. The number of benzene rings is 2. The Morgan fingerprint density at radius 3 is 2.24 bits per heavy atom. The summed E-state index contributed by atoms with van der Waals surface area (Å²) in [7, 11) is 2.85. The average Bonchev–Trinajstić information content (AvgIpc) is 2.65. The molecule has 0 aliphatic rings. The molecule has 2 aromatic rings. The van der Waals surface area contributed by atoms with E-state index in [1.54, 1.807) is 11.9 Å². The molecular formula is C20H21F5N2O2. The lowest BCUT2D eigenvalue weighted by molar-refractivity contribution is -0.250. The van der Waals surface area contributed by atoms with Gasteiger partial charge in [-0.1, -0.05) is 6.07 Å². The third kappa shape index (κ3) is 4.19. The van der Waals surface area contributed by atoms with E-state index in [2.05, 4.69) is 4.99 Å². The molecule has 4 nitrogen and oxygen atoms in total. The molecule has 0 aromatic heterocycles. The molecule has 9 heteroatoms. The van der Waals surface area contributed by atoms with E-state index in [9.17, 15) is 27.1 Å². The number of nitrogens with zero attached hydrogens (tertiary/aromatic N) is 2. The maximum atomic E-state index is 14.3. The number of halogens is 5. The van der Waals surface area contributed by atoms with Crippen LogP contribution in [0.15, 0.2) is 35.3 Å². The van der Waals surface area contributed by atoms with Gasteiger partial charge in [-0.15, -0.1) is 0 Å². The summed E-state index contributed by atoms with van der Waals surface area (Å²) in [5.74, 6) is -3.48. The van der Waals surface area contributed by atoms with E-state index in [1.165, 1.54) is 19.3 Å². The van der Waals surface area contributed by atoms with Crippen molar-refractivity contribution < 1.29 is 31.8 Å². The van der Waals surface area contributed by atoms with Crippen LogP contribution in [0, 0.1) is 18.6 Å². The predicted octanol–water partition coefficient (Wildman–Crippen LogP) is 4.69. The van der Waals surface area contributed by atoms with Crippen LogP contribution >= 0.6 is 0 Å². The molecule has 0 fully saturated rings. The van der Waals surface area contributed by atoms with Gasteiger partial charge in [0.2, 0.25) is 5.60 Å². The van der Waals surface area contributed by atoms with Gasteiger partial charge in [-0.25, -0.2) is 13.8 Å². The fourth-order valence-corrected chi connectivity index (χ4v) is 2.78. The summed E-state index contributed by atoms with van der Waals surface area (Å²) in [6.45, 7) is 4.00. The number of rotatable bonds is 6. The summed E-state index contributed by atoms with van der Waals surface area (Å²) in [5.41, 5.74) is -5.80. The zero-order chi connectivity index (χ0) is 22.0. The average molecular weight is 416 g/mol. The maximum Gasteiger partial charge on any atom is 0.426 e. The summed E-state index contributed by atoms with van der Waals surface area (Å²) < 4.78 is 75.6. The molecule has 0 aliphatic heterocycles. The van der Waals surface area contributed by atoms with Crippen LogP contribution in [0.25, 0.3) is 0 Å². The standard InChI is InChI=1S/C20H21F5N2O2/c1-5-27(3)11-26-16-10-17(29-4)13(9-12(16)2)19(28,20(23,24)25)18-14(21)7-6-8-15(18)22/h6-11,28H,5H2,1-4H3. The van der Waals surface area contributed by atoms with Gasteiger partial charge in [0.05, 0.1) is 24.7 Å². The van der Waals surface area contributed by atoms with E-state index in [4.69, 9.17) is 4.74 Å². The molecule has 0 radical (unpaired) electrons. The molecule has 2 rings (SSSR count). The van der Waals surface area contributed by atoms with Crippen LogP contribution in [0.4, 0.5) is 27.6 Å². The van der Waals surface area contributed by atoms with Crippen molar-refractivity contribution in [3.05, 3.63) is 58.7 Å². The van der Waals surface area contributed by atoms with Crippen molar-refractivity contribution in [1.82, 2.24) is 4.90 Å². The van der Waals surface area contributed by atoms with Crippen molar-refractivity contribution in [3.8, 4) is 5.75 Å². The van der Waals surface area contributed by atoms with E-state index in [0.717, 1.165) is 19.2 Å². The molecule has 0 heterocycles. The van der Waals surface area contributed by atoms with Gasteiger partial charge in [0.1, 0.15) is 17.4 Å². The van der Waals surface area contributed by atoms with Crippen LogP contribution in [0.2, 0.25) is 0 Å². The first-order valence-electron chi connectivity index (χ1n) is 8.64. The van der Waals surface area contributed by atoms with Gasteiger partial charge in [0.25, 0.3) is 0 Å². The van der Waals surface area contributed by atoms with Gasteiger partial charge in [-0.05, 0) is 37.6 Å². The first-order valence-corrected chi connectivity index (χ1v) is 8.64. The quantitative estimate of drug-likeness (QED) is 0.422. The van der Waals surface area contributed by atoms with E-state index in [-0.39, 0.29) is 11.3 Å². The van der Waals surface area contributed by atoms with Crippen molar-refractivity contribution in [2.24, 2.45) is 4.99 Å². The van der Waals surface area contributed by atoms with Crippen LogP contribution in [-0.4, -0.2) is 43.2 Å². The van der Waals surface area contributed by atoms with Crippen molar-refractivity contribution in [3.63, 3.8) is 0 Å². The smallest absolute Gasteiger partial charge is 0.426 e. The first kappa shape index (κ1) is 22.6. The lowest BCUT2D eigenvalue weighted by Gasteiger charge is -2.33. The summed E-state index contributed by atoms with van der Waals surface area (Å²) in [6, 6.07) is 4.35. The summed E-state index contributed by atoms with van der Waals surface area (Å²) in [4.78, 5) is 5.92. The Labute approximate surface area is 165 Å². The summed E-state index contributed by atoms with van der Waals surface area (Å²) in [5, 5.41) is 10.7. The molecule has 0 amide bonds. The fraction of sp³-hybridized carbons (Fsp3) is 0.350. The van der Waals surface area contributed by atoms with E-state index < -0.39 is 40.3 Å². The lowest BCUT2D eigenvalue weighted by Crippen LogP contribution is -2.45. The Morgan fingerprint density at radius 1 is 1.17 bits per heavy atom. The van der Waals surface area contributed by atoms with Crippen molar-refractivity contribution in [1.29, 1.82) is 0 Å². The zero-order valence-electron chi connectivity index (χ0n) is 16.3. The number of hydrogen-bond donors (Lipinski definition) is 1. The summed E-state index contributed by atoms with van der Waals surface area (Å²) >= 11 is 0. The minimum atomic E-state index is -5.44. The molecule has 1 unspecified atom stereocenters. The highest BCUT2D eigenvalue weighted by Crippen LogP contribution is 2.50. The molecule has 29 heavy (non-hydrogen) atoms. The molecule has 158 valence electrons. The molecular weight excluding hydrogens is 395 g/mol. The van der Waals surface area contributed by atoms with Crippen molar-refractivity contribution >= 4 is 12.0 Å². The highest BCUT2D eigenvalue weighted by Gasteiger charge is 2.60. The van der Waals surface area contributed by atoms with E-state index >= 15 is 0 Å². The molecule has 0 spiro atoms. The molecule has 1 atom stereocenters. The first-order chi connectivity index (χ1) is 13.5. The van der Waals surface area contributed by atoms with Crippen LogP contribution in [-0.2, 0) is 5.60 Å². The summed E-state index contributed by atoms with van der Waals surface area (Å²) in [6.07, 6.45) is -3.96. The number of hydrogen-bond acceptors (Lipinski definition) is 3. The molecule has 0 aliphatic carbocycles. The van der Waals surface area contributed by atoms with Gasteiger partial charge >= 0.3 is 6.18 Å². The van der Waals surface area contributed by atoms with Crippen molar-refractivity contribution in [2.75, 3.05) is 20.7 Å². The Hall–Kier alpha value is -2.68. The highest BCUT2D eigenvalue weighted by molar-refractivity contribution is 5.66. The number of alkyl halides is 3. The van der Waals surface area contributed by atoms with Gasteiger partial charge in [0, 0.05) is 25.2 Å². The van der Waals surface area contributed by atoms with E-state index in [0.29, 0.717) is 18.7 Å². The molecule has 0 saturated carbocycles. The minimum absolute atomic E-state index is 0.251. The lowest BCUT2D eigenvalue weighted by atomic mass is 9.83. The Kier molecular flexibility index (Phi) is 6.52. The number of aryl methyl sites for hydroxylation is 1.